The minimum atomic E-state index is -0.737. The summed E-state index contributed by atoms with van der Waals surface area (Å²) in [6.45, 7) is 0.458. The van der Waals surface area contributed by atoms with Crippen molar-refractivity contribution in [2.75, 3.05) is 13.7 Å². The molecule has 0 saturated heterocycles. The van der Waals surface area contributed by atoms with Gasteiger partial charge in [-0.25, -0.2) is 4.79 Å². The first kappa shape index (κ1) is 15.0. The Morgan fingerprint density at radius 3 is 2.63 bits per heavy atom. The van der Waals surface area contributed by atoms with Gasteiger partial charge in [0.25, 0.3) is 0 Å². The SMILES string of the molecule is COC(=O)C(N)CCNC(=O)OCc1ccccc1. The standard InChI is InChI=1S/C13H18N2O4/c1-18-12(16)11(14)7-8-15-13(17)19-9-10-5-3-2-4-6-10/h2-6,11H,7-9,14H2,1H3,(H,15,17). The van der Waals surface area contributed by atoms with Crippen molar-refractivity contribution in [1.82, 2.24) is 5.32 Å². The van der Waals surface area contributed by atoms with E-state index in [1.165, 1.54) is 7.11 Å². The molecule has 0 aromatic heterocycles. The molecule has 0 aliphatic carbocycles. The summed E-state index contributed by atoms with van der Waals surface area (Å²) in [7, 11) is 1.27. The number of carbonyl (C=O) groups excluding carboxylic acids is 2. The Bertz CT molecular complexity index is 408. The first-order chi connectivity index (χ1) is 9.13. The number of amides is 1. The summed E-state index contributed by atoms with van der Waals surface area (Å²) in [5.41, 5.74) is 6.42. The molecule has 1 amide bonds. The molecular weight excluding hydrogens is 248 g/mol. The minimum absolute atomic E-state index is 0.204. The fourth-order valence-electron chi connectivity index (χ4n) is 1.37. The van der Waals surface area contributed by atoms with E-state index in [-0.39, 0.29) is 13.2 Å². The van der Waals surface area contributed by atoms with E-state index in [4.69, 9.17) is 10.5 Å². The summed E-state index contributed by atoms with van der Waals surface area (Å²) in [5.74, 6) is -0.501. The van der Waals surface area contributed by atoms with Gasteiger partial charge in [-0.05, 0) is 12.0 Å². The van der Waals surface area contributed by atoms with Crippen LogP contribution >= 0.6 is 0 Å². The molecule has 0 fully saturated rings. The summed E-state index contributed by atoms with van der Waals surface area (Å²) in [4.78, 5) is 22.4. The molecule has 19 heavy (non-hydrogen) atoms. The average Bonchev–Trinajstić information content (AvgIpc) is 2.45. The van der Waals surface area contributed by atoms with Gasteiger partial charge in [0.2, 0.25) is 0 Å². The van der Waals surface area contributed by atoms with Crippen molar-refractivity contribution in [3.05, 3.63) is 35.9 Å². The highest BCUT2D eigenvalue weighted by atomic mass is 16.5. The Labute approximate surface area is 111 Å². The lowest BCUT2D eigenvalue weighted by molar-refractivity contribution is -0.142. The molecule has 0 aliphatic heterocycles. The van der Waals surface area contributed by atoms with Gasteiger partial charge < -0.3 is 20.5 Å². The number of carbonyl (C=O) groups is 2. The summed E-state index contributed by atoms with van der Waals surface area (Å²) < 4.78 is 9.46. The van der Waals surface area contributed by atoms with Gasteiger partial charge >= 0.3 is 12.1 Å². The van der Waals surface area contributed by atoms with Gasteiger partial charge in [-0.2, -0.15) is 0 Å². The third-order valence-electron chi connectivity index (χ3n) is 2.44. The van der Waals surface area contributed by atoms with Crippen molar-refractivity contribution in [3.63, 3.8) is 0 Å². The van der Waals surface area contributed by atoms with Crippen molar-refractivity contribution in [1.29, 1.82) is 0 Å². The molecule has 1 rings (SSSR count). The van der Waals surface area contributed by atoms with Crippen LogP contribution in [0.3, 0.4) is 0 Å². The van der Waals surface area contributed by atoms with Gasteiger partial charge in [0.05, 0.1) is 7.11 Å². The maximum atomic E-state index is 11.3. The predicted octanol–water partition coefficient (Wildman–Crippen LogP) is 0.803. The Hall–Kier alpha value is -2.08. The summed E-state index contributed by atoms with van der Waals surface area (Å²) in [6.07, 6.45) is -0.242. The third-order valence-corrected chi connectivity index (χ3v) is 2.44. The lowest BCUT2D eigenvalue weighted by atomic mass is 10.2. The highest BCUT2D eigenvalue weighted by molar-refractivity contribution is 5.75. The zero-order valence-corrected chi connectivity index (χ0v) is 10.8. The Morgan fingerprint density at radius 1 is 1.32 bits per heavy atom. The number of hydrogen-bond acceptors (Lipinski definition) is 5. The van der Waals surface area contributed by atoms with E-state index in [0.717, 1.165) is 5.56 Å². The van der Waals surface area contributed by atoms with Crippen molar-refractivity contribution < 1.29 is 19.1 Å². The van der Waals surface area contributed by atoms with Crippen LogP contribution in [0.15, 0.2) is 30.3 Å². The van der Waals surface area contributed by atoms with Crippen molar-refractivity contribution in [2.24, 2.45) is 5.73 Å². The van der Waals surface area contributed by atoms with Crippen LogP contribution in [0.5, 0.6) is 0 Å². The molecule has 0 aliphatic rings. The number of ether oxygens (including phenoxy) is 2. The second-order valence-corrected chi connectivity index (χ2v) is 3.91. The van der Waals surface area contributed by atoms with E-state index in [9.17, 15) is 9.59 Å². The normalized spacial score (nSPS) is 11.5. The molecule has 104 valence electrons. The third kappa shape index (κ3) is 5.87. The fourth-order valence-corrected chi connectivity index (χ4v) is 1.37. The lowest BCUT2D eigenvalue weighted by Crippen LogP contribution is -2.36. The first-order valence-corrected chi connectivity index (χ1v) is 5.91. The highest BCUT2D eigenvalue weighted by Crippen LogP contribution is 2.00. The van der Waals surface area contributed by atoms with E-state index in [2.05, 4.69) is 10.1 Å². The molecule has 6 heteroatoms. The van der Waals surface area contributed by atoms with Gasteiger partial charge in [0, 0.05) is 6.54 Å². The Morgan fingerprint density at radius 2 is 2.00 bits per heavy atom. The van der Waals surface area contributed by atoms with E-state index in [1.54, 1.807) is 0 Å². The van der Waals surface area contributed by atoms with Gasteiger partial charge in [0.15, 0.2) is 0 Å². The molecule has 0 bridgehead atoms. The molecule has 0 heterocycles. The van der Waals surface area contributed by atoms with Crippen LogP contribution in [-0.4, -0.2) is 31.8 Å². The van der Waals surface area contributed by atoms with Crippen LogP contribution in [0, 0.1) is 0 Å². The number of esters is 1. The zero-order valence-electron chi connectivity index (χ0n) is 10.8. The number of rotatable bonds is 6. The maximum Gasteiger partial charge on any atom is 0.407 e. The van der Waals surface area contributed by atoms with E-state index < -0.39 is 18.1 Å². The molecule has 6 nitrogen and oxygen atoms in total. The zero-order chi connectivity index (χ0) is 14.1. The molecule has 1 unspecified atom stereocenters. The van der Waals surface area contributed by atoms with E-state index >= 15 is 0 Å². The highest BCUT2D eigenvalue weighted by Gasteiger charge is 2.13. The van der Waals surface area contributed by atoms with E-state index in [0.29, 0.717) is 6.42 Å². The Kier molecular flexibility index (Phi) is 6.38. The molecule has 0 spiro atoms. The molecule has 0 radical (unpaired) electrons. The smallest absolute Gasteiger partial charge is 0.407 e. The monoisotopic (exact) mass is 266 g/mol. The fraction of sp³-hybridized carbons (Fsp3) is 0.385. The molecule has 1 aromatic carbocycles. The van der Waals surface area contributed by atoms with Crippen molar-refractivity contribution in [2.45, 2.75) is 19.1 Å². The number of benzene rings is 1. The Balaban J connectivity index is 2.16. The van der Waals surface area contributed by atoms with Crippen molar-refractivity contribution in [3.8, 4) is 0 Å². The summed E-state index contributed by atoms with van der Waals surface area (Å²) in [5, 5.41) is 2.51. The summed E-state index contributed by atoms with van der Waals surface area (Å²) in [6, 6.07) is 8.61. The number of methoxy groups -OCH3 is 1. The van der Waals surface area contributed by atoms with E-state index in [1.807, 2.05) is 30.3 Å². The van der Waals surface area contributed by atoms with Crippen LogP contribution in [0.4, 0.5) is 4.79 Å². The van der Waals surface area contributed by atoms with Crippen LogP contribution in [0.1, 0.15) is 12.0 Å². The molecular formula is C13H18N2O4. The topological polar surface area (TPSA) is 90.6 Å². The quantitative estimate of drug-likeness (QED) is 0.743. The second kappa shape index (κ2) is 8.10. The lowest BCUT2D eigenvalue weighted by Gasteiger charge is -2.10. The number of alkyl carbamates (subject to hydrolysis) is 1. The van der Waals surface area contributed by atoms with Gasteiger partial charge in [-0.3, -0.25) is 4.79 Å². The van der Waals surface area contributed by atoms with Crippen LogP contribution in [0.25, 0.3) is 0 Å². The largest absolute Gasteiger partial charge is 0.468 e. The van der Waals surface area contributed by atoms with Gasteiger partial charge in [-0.1, -0.05) is 30.3 Å². The second-order valence-electron chi connectivity index (χ2n) is 3.91. The number of nitrogens with one attached hydrogen (secondary N) is 1. The average molecular weight is 266 g/mol. The molecule has 3 N–H and O–H groups in total. The summed E-state index contributed by atoms with van der Waals surface area (Å²) >= 11 is 0. The van der Waals surface area contributed by atoms with Gasteiger partial charge in [0.1, 0.15) is 12.6 Å². The number of hydrogen-bond donors (Lipinski definition) is 2. The minimum Gasteiger partial charge on any atom is -0.468 e. The first-order valence-electron chi connectivity index (χ1n) is 5.91. The van der Waals surface area contributed by atoms with Crippen LogP contribution < -0.4 is 11.1 Å². The maximum absolute atomic E-state index is 11.3. The molecule has 0 saturated carbocycles. The predicted molar refractivity (Wildman–Crippen MR) is 69.2 cm³/mol. The van der Waals surface area contributed by atoms with Crippen molar-refractivity contribution >= 4 is 12.1 Å². The molecule has 1 aromatic rings. The van der Waals surface area contributed by atoms with Gasteiger partial charge in [-0.15, -0.1) is 0 Å². The molecule has 1 atom stereocenters. The van der Waals surface area contributed by atoms with Crippen LogP contribution in [-0.2, 0) is 20.9 Å². The number of nitrogens with two attached hydrogens (primary N) is 1. The van der Waals surface area contributed by atoms with Crippen LogP contribution in [0.2, 0.25) is 0 Å².